The minimum atomic E-state index is -1.54. The zero-order valence-corrected chi connectivity index (χ0v) is 23.7. The van der Waals surface area contributed by atoms with Crippen molar-refractivity contribution in [2.24, 2.45) is 0 Å². The monoisotopic (exact) mass is 604 g/mol. The van der Waals surface area contributed by atoms with Crippen LogP contribution in [-0.2, 0) is 9.47 Å². The Morgan fingerprint density at radius 2 is 1.83 bits per heavy atom. The van der Waals surface area contributed by atoms with Crippen molar-refractivity contribution in [1.82, 2.24) is 9.55 Å². The average Bonchev–Trinajstić information content (AvgIpc) is 3.42. The Balaban J connectivity index is 1.30. The van der Waals surface area contributed by atoms with E-state index in [4.69, 9.17) is 30.5 Å². The fourth-order valence-electron chi connectivity index (χ4n) is 4.43. The van der Waals surface area contributed by atoms with Gasteiger partial charge in [0.15, 0.2) is 17.8 Å². The summed E-state index contributed by atoms with van der Waals surface area (Å²) in [6.45, 7) is 1.13. The summed E-state index contributed by atoms with van der Waals surface area (Å²) >= 11 is 7.35. The molecule has 0 spiro atoms. The Bertz CT molecular complexity index is 1560. The molecule has 4 N–H and O–H groups in total. The second-order valence-electron chi connectivity index (χ2n) is 9.54. The van der Waals surface area contributed by atoms with Crippen molar-refractivity contribution in [3.63, 3.8) is 0 Å². The van der Waals surface area contributed by atoms with Gasteiger partial charge in [-0.1, -0.05) is 23.7 Å². The van der Waals surface area contributed by atoms with Gasteiger partial charge in [-0.2, -0.15) is 0 Å². The molecule has 0 saturated carbocycles. The van der Waals surface area contributed by atoms with E-state index in [0.717, 1.165) is 10.4 Å². The minimum absolute atomic E-state index is 0.0147. The van der Waals surface area contributed by atoms with Crippen LogP contribution in [0.4, 0.5) is 0 Å². The van der Waals surface area contributed by atoms with Crippen molar-refractivity contribution in [3.8, 4) is 27.6 Å². The number of rotatable bonds is 9. The Morgan fingerprint density at radius 1 is 1.07 bits per heavy atom. The Labute approximate surface area is 243 Å². The highest BCUT2D eigenvalue weighted by Gasteiger charge is 2.44. The number of benzene rings is 2. The molecule has 11 nitrogen and oxygen atoms in total. The van der Waals surface area contributed by atoms with E-state index in [2.05, 4.69) is 4.98 Å². The molecular formula is C28H29ClN2O9S. The van der Waals surface area contributed by atoms with Gasteiger partial charge in [0.05, 0.1) is 31.0 Å². The van der Waals surface area contributed by atoms with E-state index in [1.54, 1.807) is 37.3 Å². The molecule has 41 heavy (non-hydrogen) atoms. The van der Waals surface area contributed by atoms with Crippen molar-refractivity contribution in [1.29, 1.82) is 0 Å². The first-order valence-corrected chi connectivity index (χ1v) is 13.9. The van der Waals surface area contributed by atoms with Gasteiger partial charge in [0, 0.05) is 16.0 Å². The van der Waals surface area contributed by atoms with E-state index in [0.29, 0.717) is 32.4 Å². The molecule has 1 aliphatic heterocycles. The number of hydrogen-bond acceptors (Lipinski definition) is 11. The standard InChI is InChI=1S/C28H29ClN2O9S/c1-14(39-28-25(35)24(34)23(33)21(11-32)40-28)12-38-19-8-7-17(9-20(19)37-2)31-13-30-18-10-22(41-26(18)27(31)36)15-3-5-16(29)6-4-15/h3-10,13-14,21,23-25,28,32-35H,11-12H2,1-2H3/t14?,21-,23-,24+,25?,28?/m1/s1. The molecule has 3 unspecified atom stereocenters. The summed E-state index contributed by atoms with van der Waals surface area (Å²) < 4.78 is 24.3. The lowest BCUT2D eigenvalue weighted by Crippen LogP contribution is -2.59. The normalized spacial score (nSPS) is 23.4. The van der Waals surface area contributed by atoms with Crippen LogP contribution in [-0.4, -0.2) is 87.1 Å². The lowest BCUT2D eigenvalue weighted by atomic mass is 9.99. The molecule has 2 aromatic heterocycles. The number of fused-ring (bicyclic) bond motifs is 1. The van der Waals surface area contributed by atoms with Gasteiger partial charge in [-0.05, 0) is 42.8 Å². The maximum atomic E-state index is 13.4. The van der Waals surface area contributed by atoms with Crippen LogP contribution in [0.5, 0.6) is 11.5 Å². The number of aliphatic hydroxyl groups is 4. The Hall–Kier alpha value is -3.07. The molecule has 1 fully saturated rings. The number of thiophene rings is 1. The van der Waals surface area contributed by atoms with Crippen LogP contribution in [0.3, 0.4) is 0 Å². The summed E-state index contributed by atoms with van der Waals surface area (Å²) in [5.74, 6) is 0.742. The highest BCUT2D eigenvalue weighted by atomic mass is 35.5. The summed E-state index contributed by atoms with van der Waals surface area (Å²) in [6, 6.07) is 14.3. The van der Waals surface area contributed by atoms with Gasteiger partial charge in [0.25, 0.3) is 5.56 Å². The fourth-order valence-corrected chi connectivity index (χ4v) is 5.61. The van der Waals surface area contributed by atoms with Gasteiger partial charge in [0.1, 0.15) is 42.0 Å². The second kappa shape index (κ2) is 12.4. The van der Waals surface area contributed by atoms with Crippen molar-refractivity contribution in [3.05, 3.63) is 70.2 Å². The largest absolute Gasteiger partial charge is 0.493 e. The lowest BCUT2D eigenvalue weighted by Gasteiger charge is -2.40. The van der Waals surface area contributed by atoms with Crippen LogP contribution >= 0.6 is 22.9 Å². The molecule has 5 rings (SSSR count). The lowest BCUT2D eigenvalue weighted by molar-refractivity contribution is -0.311. The quantitative estimate of drug-likeness (QED) is 0.224. The second-order valence-corrected chi connectivity index (χ2v) is 11.0. The third kappa shape index (κ3) is 6.10. The molecule has 218 valence electrons. The topological polar surface area (TPSA) is 153 Å². The molecule has 2 aromatic carbocycles. The summed E-state index contributed by atoms with van der Waals surface area (Å²) in [5.41, 5.74) is 1.84. The zero-order chi connectivity index (χ0) is 29.3. The number of ether oxygens (including phenoxy) is 4. The molecule has 4 aromatic rings. The summed E-state index contributed by atoms with van der Waals surface area (Å²) in [4.78, 5) is 18.8. The van der Waals surface area contributed by atoms with E-state index in [-0.39, 0.29) is 12.2 Å². The summed E-state index contributed by atoms with van der Waals surface area (Å²) in [7, 11) is 1.47. The Kier molecular flexibility index (Phi) is 8.92. The predicted octanol–water partition coefficient (Wildman–Crippen LogP) is 2.36. The molecular weight excluding hydrogens is 576 g/mol. The number of aromatic nitrogens is 2. The highest BCUT2D eigenvalue weighted by Crippen LogP contribution is 2.33. The minimum Gasteiger partial charge on any atom is -0.493 e. The number of hydrogen-bond donors (Lipinski definition) is 4. The smallest absolute Gasteiger partial charge is 0.275 e. The summed E-state index contributed by atoms with van der Waals surface area (Å²) in [5, 5.41) is 40.1. The van der Waals surface area contributed by atoms with Crippen LogP contribution in [0.25, 0.3) is 26.3 Å². The first-order valence-electron chi connectivity index (χ1n) is 12.7. The van der Waals surface area contributed by atoms with Crippen LogP contribution < -0.4 is 15.0 Å². The molecule has 6 atom stereocenters. The third-order valence-electron chi connectivity index (χ3n) is 6.68. The highest BCUT2D eigenvalue weighted by molar-refractivity contribution is 7.22. The van der Waals surface area contributed by atoms with E-state index < -0.39 is 43.4 Å². The first kappa shape index (κ1) is 29.4. The fraction of sp³-hybridized carbons (Fsp3) is 0.357. The van der Waals surface area contributed by atoms with Crippen LogP contribution in [0, 0.1) is 0 Å². The number of methoxy groups -OCH3 is 1. The maximum Gasteiger partial charge on any atom is 0.275 e. The molecule has 1 aliphatic rings. The SMILES string of the molecule is COc1cc(-n2cnc3cc(-c4ccc(Cl)cc4)sc3c2=O)ccc1OCC(C)OC1O[C@H](CO)[C@@H](O)[C@H](O)C1O. The summed E-state index contributed by atoms with van der Waals surface area (Å²) in [6.07, 6.45) is -6.04. The van der Waals surface area contributed by atoms with Crippen molar-refractivity contribution >= 4 is 33.2 Å². The van der Waals surface area contributed by atoms with Crippen molar-refractivity contribution in [2.45, 2.75) is 43.7 Å². The van der Waals surface area contributed by atoms with Crippen molar-refractivity contribution in [2.75, 3.05) is 20.3 Å². The first-order chi connectivity index (χ1) is 19.7. The Morgan fingerprint density at radius 3 is 2.54 bits per heavy atom. The number of halogens is 1. The molecule has 1 saturated heterocycles. The predicted molar refractivity (Wildman–Crippen MR) is 152 cm³/mol. The molecule has 3 heterocycles. The van der Waals surface area contributed by atoms with E-state index in [1.165, 1.54) is 29.3 Å². The van der Waals surface area contributed by atoms with Gasteiger partial charge in [0.2, 0.25) is 0 Å². The van der Waals surface area contributed by atoms with E-state index >= 15 is 0 Å². The van der Waals surface area contributed by atoms with Crippen LogP contribution in [0.1, 0.15) is 6.92 Å². The maximum absolute atomic E-state index is 13.4. The average molecular weight is 605 g/mol. The van der Waals surface area contributed by atoms with Gasteiger partial charge >= 0.3 is 0 Å². The van der Waals surface area contributed by atoms with E-state index in [1.807, 2.05) is 18.2 Å². The molecule has 0 bridgehead atoms. The zero-order valence-electron chi connectivity index (χ0n) is 22.1. The van der Waals surface area contributed by atoms with E-state index in [9.17, 15) is 25.2 Å². The number of aliphatic hydroxyl groups excluding tert-OH is 4. The van der Waals surface area contributed by atoms with Crippen LogP contribution in [0.15, 0.2) is 59.7 Å². The van der Waals surface area contributed by atoms with Crippen molar-refractivity contribution < 1.29 is 39.4 Å². The molecule has 0 amide bonds. The van der Waals surface area contributed by atoms with Gasteiger partial charge in [-0.15, -0.1) is 11.3 Å². The molecule has 0 radical (unpaired) electrons. The molecule has 0 aliphatic carbocycles. The van der Waals surface area contributed by atoms with Gasteiger partial charge < -0.3 is 39.4 Å². The van der Waals surface area contributed by atoms with Gasteiger partial charge in [-0.3, -0.25) is 9.36 Å². The number of nitrogens with zero attached hydrogens (tertiary/aromatic N) is 2. The van der Waals surface area contributed by atoms with Crippen LogP contribution in [0.2, 0.25) is 5.02 Å². The third-order valence-corrected chi connectivity index (χ3v) is 8.09. The molecule has 13 heteroatoms. The van der Waals surface area contributed by atoms with Gasteiger partial charge in [-0.25, -0.2) is 4.98 Å².